The van der Waals surface area contributed by atoms with Crippen LogP contribution < -0.4 is 14.8 Å². The third kappa shape index (κ3) is 6.06. The number of anilines is 1. The maximum Gasteiger partial charge on any atom is 0.241 e. The van der Waals surface area contributed by atoms with Gasteiger partial charge in [-0.25, -0.2) is 22.0 Å². The summed E-state index contributed by atoms with van der Waals surface area (Å²) in [6, 6.07) is 10.9. The highest BCUT2D eigenvalue weighted by atomic mass is 32.2. The molecule has 174 valence electrons. The topological polar surface area (TPSA) is 127 Å². The van der Waals surface area contributed by atoms with E-state index in [0.29, 0.717) is 44.0 Å². The number of sulfonamides is 1. The van der Waals surface area contributed by atoms with E-state index in [4.69, 9.17) is 9.88 Å². The number of hydrogen-bond acceptors (Lipinski definition) is 7. The number of sulfone groups is 1. The monoisotopic (exact) mass is 481 g/mol. The number of fused-ring (bicyclic) bond motifs is 1. The SMILES string of the molecule is CN(CCCOc1cccc(S(C)(=O)=O)c1)CC(=O)N1CCc2cc(S(N)(=O)=O)ccc21. The van der Waals surface area contributed by atoms with Crippen molar-refractivity contribution in [1.29, 1.82) is 0 Å². The predicted octanol–water partition coefficient (Wildman–Crippen LogP) is 1.03. The number of benzene rings is 2. The summed E-state index contributed by atoms with van der Waals surface area (Å²) >= 11 is 0. The van der Waals surface area contributed by atoms with Crippen LogP contribution in [0.25, 0.3) is 0 Å². The highest BCUT2D eigenvalue weighted by Gasteiger charge is 2.26. The van der Waals surface area contributed by atoms with Crippen LogP contribution in [-0.4, -0.2) is 67.2 Å². The Balaban J connectivity index is 1.48. The van der Waals surface area contributed by atoms with Gasteiger partial charge in [0, 0.05) is 25.0 Å². The molecule has 0 unspecified atom stereocenters. The minimum Gasteiger partial charge on any atom is -0.494 e. The van der Waals surface area contributed by atoms with Gasteiger partial charge >= 0.3 is 0 Å². The van der Waals surface area contributed by atoms with E-state index in [9.17, 15) is 21.6 Å². The zero-order chi connectivity index (χ0) is 23.5. The number of likely N-dealkylation sites (N-methyl/N-ethyl adjacent to an activating group) is 1. The van der Waals surface area contributed by atoms with Gasteiger partial charge in [0.1, 0.15) is 5.75 Å². The van der Waals surface area contributed by atoms with Crippen LogP contribution in [-0.2, 0) is 31.1 Å². The zero-order valence-electron chi connectivity index (χ0n) is 18.0. The third-order valence-corrected chi connectivity index (χ3v) is 7.19. The summed E-state index contributed by atoms with van der Waals surface area (Å²) in [5, 5.41) is 5.18. The first-order valence-electron chi connectivity index (χ1n) is 10.0. The number of hydrogen-bond donors (Lipinski definition) is 1. The van der Waals surface area contributed by atoms with Crippen LogP contribution in [0.2, 0.25) is 0 Å². The van der Waals surface area contributed by atoms with Gasteiger partial charge in [0.2, 0.25) is 15.9 Å². The summed E-state index contributed by atoms with van der Waals surface area (Å²) in [5.41, 5.74) is 1.50. The molecule has 2 N–H and O–H groups in total. The molecule has 0 aliphatic carbocycles. The number of carbonyl (C=O) groups excluding carboxylic acids is 1. The Labute approximate surface area is 188 Å². The third-order valence-electron chi connectivity index (χ3n) is 5.17. The Kier molecular flexibility index (Phi) is 7.23. The van der Waals surface area contributed by atoms with Gasteiger partial charge < -0.3 is 9.64 Å². The molecule has 1 amide bonds. The quantitative estimate of drug-likeness (QED) is 0.530. The van der Waals surface area contributed by atoms with E-state index in [1.54, 1.807) is 23.1 Å². The summed E-state index contributed by atoms with van der Waals surface area (Å²) in [6.07, 6.45) is 2.38. The van der Waals surface area contributed by atoms with Crippen molar-refractivity contribution in [2.45, 2.75) is 22.6 Å². The molecular weight excluding hydrogens is 454 g/mol. The fraction of sp³-hybridized carbons (Fsp3) is 0.381. The molecule has 9 nitrogen and oxygen atoms in total. The molecular formula is C21H27N3O6S2. The number of carbonyl (C=O) groups is 1. The molecule has 0 saturated heterocycles. The van der Waals surface area contributed by atoms with Crippen LogP contribution >= 0.6 is 0 Å². The smallest absolute Gasteiger partial charge is 0.241 e. The van der Waals surface area contributed by atoms with Crippen molar-refractivity contribution in [2.24, 2.45) is 5.14 Å². The summed E-state index contributed by atoms with van der Waals surface area (Å²) < 4.78 is 51.9. The van der Waals surface area contributed by atoms with Crippen LogP contribution in [0.3, 0.4) is 0 Å². The average Bonchev–Trinajstić information content (AvgIpc) is 3.13. The van der Waals surface area contributed by atoms with E-state index < -0.39 is 19.9 Å². The van der Waals surface area contributed by atoms with Gasteiger partial charge in [0.25, 0.3) is 0 Å². The summed E-state index contributed by atoms with van der Waals surface area (Å²) in [6.45, 7) is 1.70. The Hall–Kier alpha value is -2.47. The minimum absolute atomic E-state index is 0.0461. The fourth-order valence-electron chi connectivity index (χ4n) is 3.53. The molecule has 0 aromatic heterocycles. The highest BCUT2D eigenvalue weighted by Crippen LogP contribution is 2.30. The number of ether oxygens (including phenoxy) is 1. The Morgan fingerprint density at radius 1 is 1.12 bits per heavy atom. The molecule has 0 atom stereocenters. The van der Waals surface area contributed by atoms with Crippen LogP contribution in [0.1, 0.15) is 12.0 Å². The molecule has 2 aromatic rings. The van der Waals surface area contributed by atoms with Crippen molar-refractivity contribution in [3.8, 4) is 5.75 Å². The summed E-state index contributed by atoms with van der Waals surface area (Å²) in [5.74, 6) is 0.413. The lowest BCUT2D eigenvalue weighted by Gasteiger charge is -2.22. The number of rotatable bonds is 9. The van der Waals surface area contributed by atoms with Gasteiger partial charge in [0.15, 0.2) is 9.84 Å². The van der Waals surface area contributed by atoms with E-state index in [2.05, 4.69) is 0 Å². The van der Waals surface area contributed by atoms with Gasteiger partial charge in [0.05, 0.1) is 22.9 Å². The maximum atomic E-state index is 12.7. The minimum atomic E-state index is -3.78. The second kappa shape index (κ2) is 9.57. The number of nitrogens with two attached hydrogens (primary N) is 1. The molecule has 3 rings (SSSR count). The molecule has 2 aromatic carbocycles. The maximum absolute atomic E-state index is 12.7. The zero-order valence-corrected chi connectivity index (χ0v) is 19.7. The molecule has 0 radical (unpaired) electrons. The number of amides is 1. The van der Waals surface area contributed by atoms with Crippen LogP contribution in [0.15, 0.2) is 52.3 Å². The Morgan fingerprint density at radius 2 is 1.88 bits per heavy atom. The Bertz CT molecular complexity index is 1210. The predicted molar refractivity (Wildman–Crippen MR) is 121 cm³/mol. The van der Waals surface area contributed by atoms with Crippen LogP contribution in [0, 0.1) is 0 Å². The van der Waals surface area contributed by atoms with Crippen molar-refractivity contribution < 1.29 is 26.4 Å². The summed E-state index contributed by atoms with van der Waals surface area (Å²) in [4.78, 5) is 16.5. The second-order valence-electron chi connectivity index (χ2n) is 7.82. The van der Waals surface area contributed by atoms with Crippen LogP contribution in [0.5, 0.6) is 5.75 Å². The van der Waals surface area contributed by atoms with Crippen molar-refractivity contribution in [1.82, 2.24) is 4.90 Å². The van der Waals surface area contributed by atoms with Crippen molar-refractivity contribution in [3.63, 3.8) is 0 Å². The molecule has 1 heterocycles. The molecule has 0 saturated carbocycles. The van der Waals surface area contributed by atoms with Gasteiger partial charge in [-0.1, -0.05) is 6.07 Å². The van der Waals surface area contributed by atoms with Gasteiger partial charge in [-0.05, 0) is 61.9 Å². The first-order valence-corrected chi connectivity index (χ1v) is 13.5. The lowest BCUT2D eigenvalue weighted by molar-refractivity contribution is -0.119. The normalized spacial score (nSPS) is 13.9. The van der Waals surface area contributed by atoms with E-state index >= 15 is 0 Å². The standard InChI is InChI=1S/C21H27N3O6S2/c1-23(10-4-12-30-17-5-3-6-18(14-17)31(2,26)27)15-21(25)24-11-9-16-13-19(32(22,28)29)7-8-20(16)24/h3,5-8,13-14H,4,9-12,15H2,1-2H3,(H2,22,28,29). The van der Waals surface area contributed by atoms with E-state index in [1.165, 1.54) is 24.3 Å². The molecule has 0 bridgehead atoms. The average molecular weight is 482 g/mol. The van der Waals surface area contributed by atoms with E-state index in [1.807, 2.05) is 11.9 Å². The fourth-order valence-corrected chi connectivity index (χ4v) is 4.75. The Morgan fingerprint density at radius 3 is 2.56 bits per heavy atom. The molecule has 0 fully saturated rings. The van der Waals surface area contributed by atoms with Crippen molar-refractivity contribution in [3.05, 3.63) is 48.0 Å². The molecule has 0 spiro atoms. The summed E-state index contributed by atoms with van der Waals surface area (Å²) in [7, 11) is -5.23. The van der Waals surface area contributed by atoms with Gasteiger partial charge in [-0.15, -0.1) is 0 Å². The van der Waals surface area contributed by atoms with E-state index in [-0.39, 0.29) is 22.2 Å². The first kappa shape index (κ1) is 24.2. The lowest BCUT2D eigenvalue weighted by atomic mass is 10.2. The molecule has 32 heavy (non-hydrogen) atoms. The van der Waals surface area contributed by atoms with E-state index in [0.717, 1.165) is 11.8 Å². The van der Waals surface area contributed by atoms with Gasteiger partial charge in [-0.2, -0.15) is 0 Å². The molecule has 1 aliphatic rings. The second-order valence-corrected chi connectivity index (χ2v) is 11.4. The van der Waals surface area contributed by atoms with Crippen molar-refractivity contribution >= 4 is 31.5 Å². The first-order chi connectivity index (χ1) is 14.9. The van der Waals surface area contributed by atoms with Crippen molar-refractivity contribution in [2.75, 3.05) is 44.4 Å². The number of nitrogens with zero attached hydrogens (tertiary/aromatic N) is 2. The molecule has 11 heteroatoms. The number of primary sulfonamides is 1. The van der Waals surface area contributed by atoms with Gasteiger partial charge in [-0.3, -0.25) is 9.69 Å². The molecule has 1 aliphatic heterocycles. The lowest BCUT2D eigenvalue weighted by Crippen LogP contribution is -2.38. The largest absolute Gasteiger partial charge is 0.494 e. The highest BCUT2D eigenvalue weighted by molar-refractivity contribution is 7.90. The van der Waals surface area contributed by atoms with Crippen LogP contribution in [0.4, 0.5) is 5.69 Å².